The summed E-state index contributed by atoms with van der Waals surface area (Å²) in [5.41, 5.74) is 2.19. The average molecular weight is 529 g/mol. The summed E-state index contributed by atoms with van der Waals surface area (Å²) in [5, 5.41) is 10.8. The van der Waals surface area contributed by atoms with Crippen LogP contribution in [0.3, 0.4) is 0 Å². The van der Waals surface area contributed by atoms with Crippen molar-refractivity contribution in [3.63, 3.8) is 0 Å². The molecule has 0 bridgehead atoms. The number of guanidine groups is 1. The lowest BCUT2D eigenvalue weighted by molar-refractivity contribution is 0.0170. The molecule has 1 saturated heterocycles. The molecule has 0 radical (unpaired) electrons. The molecule has 0 spiro atoms. The predicted octanol–water partition coefficient (Wildman–Crippen LogP) is 2.60. The summed E-state index contributed by atoms with van der Waals surface area (Å²) in [7, 11) is 3.45. The molecule has 1 aliphatic heterocycles. The van der Waals surface area contributed by atoms with Gasteiger partial charge in [0.25, 0.3) is 0 Å². The van der Waals surface area contributed by atoms with Gasteiger partial charge in [0, 0.05) is 32.7 Å². The van der Waals surface area contributed by atoms with Gasteiger partial charge in [0.1, 0.15) is 5.75 Å². The Bertz CT molecular complexity index is 775. The number of morpholine rings is 1. The highest BCUT2D eigenvalue weighted by Gasteiger charge is 2.23. The molecule has 8 nitrogen and oxygen atoms in total. The van der Waals surface area contributed by atoms with Crippen molar-refractivity contribution < 1.29 is 14.0 Å². The zero-order valence-electron chi connectivity index (χ0n) is 17.9. The number of aromatic nitrogens is 1. The maximum Gasteiger partial charge on any atom is 0.191 e. The molecule has 1 fully saturated rings. The summed E-state index contributed by atoms with van der Waals surface area (Å²) in [4.78, 5) is 6.78. The van der Waals surface area contributed by atoms with E-state index in [-0.39, 0.29) is 30.0 Å². The molecule has 1 aromatic carbocycles. The fraction of sp³-hybridized carbons (Fsp3) is 0.524. The Morgan fingerprint density at radius 2 is 1.97 bits per heavy atom. The number of hydrogen-bond donors (Lipinski definition) is 2. The van der Waals surface area contributed by atoms with Gasteiger partial charge in [-0.25, -0.2) is 0 Å². The Morgan fingerprint density at radius 1 is 1.23 bits per heavy atom. The zero-order chi connectivity index (χ0) is 20.5. The van der Waals surface area contributed by atoms with Crippen molar-refractivity contribution in [2.45, 2.75) is 25.9 Å². The minimum atomic E-state index is 0. The van der Waals surface area contributed by atoms with E-state index < -0.39 is 0 Å². The second-order valence-electron chi connectivity index (χ2n) is 6.88. The molecule has 1 aliphatic rings. The number of aliphatic imine (C=N–C) groups is 1. The smallest absolute Gasteiger partial charge is 0.191 e. The molecule has 2 N–H and O–H groups in total. The minimum absolute atomic E-state index is 0. The molecular weight excluding hydrogens is 497 g/mol. The largest absolute Gasteiger partial charge is 0.497 e. The van der Waals surface area contributed by atoms with Gasteiger partial charge in [0.05, 0.1) is 38.6 Å². The second kappa shape index (κ2) is 12.8. The number of nitrogens with zero attached hydrogens (tertiary/aromatic N) is 3. The molecule has 0 amide bonds. The SMILES string of the molecule is CCc1cc(CNC(=NC)NCC(c2ccc(OC)cc2)N2CCOCC2)on1.I. The molecule has 9 heteroatoms. The summed E-state index contributed by atoms with van der Waals surface area (Å²) < 4.78 is 16.2. The van der Waals surface area contributed by atoms with Gasteiger partial charge in [0.2, 0.25) is 0 Å². The number of benzene rings is 1. The lowest BCUT2D eigenvalue weighted by atomic mass is 10.0. The molecule has 0 saturated carbocycles. The molecule has 1 unspecified atom stereocenters. The van der Waals surface area contributed by atoms with E-state index in [0.29, 0.717) is 6.54 Å². The number of nitrogens with one attached hydrogen (secondary N) is 2. The van der Waals surface area contributed by atoms with Gasteiger partial charge in [-0.3, -0.25) is 9.89 Å². The number of methoxy groups -OCH3 is 1. The molecule has 166 valence electrons. The highest BCUT2D eigenvalue weighted by atomic mass is 127. The average Bonchev–Trinajstić information content (AvgIpc) is 3.25. The Labute approximate surface area is 195 Å². The number of ether oxygens (including phenoxy) is 2. The first-order valence-corrected chi connectivity index (χ1v) is 10.1. The van der Waals surface area contributed by atoms with E-state index >= 15 is 0 Å². The number of rotatable bonds is 8. The zero-order valence-corrected chi connectivity index (χ0v) is 20.2. The summed E-state index contributed by atoms with van der Waals surface area (Å²) >= 11 is 0. The third-order valence-electron chi connectivity index (χ3n) is 5.07. The molecule has 2 aromatic rings. The van der Waals surface area contributed by atoms with E-state index in [0.717, 1.165) is 62.4 Å². The Morgan fingerprint density at radius 3 is 2.57 bits per heavy atom. The van der Waals surface area contributed by atoms with Crippen LogP contribution in [0, 0.1) is 0 Å². The van der Waals surface area contributed by atoms with Crippen LogP contribution in [-0.4, -0.2) is 63.0 Å². The van der Waals surface area contributed by atoms with Gasteiger partial charge >= 0.3 is 0 Å². The van der Waals surface area contributed by atoms with Crippen LogP contribution in [0.5, 0.6) is 5.75 Å². The van der Waals surface area contributed by atoms with Crippen molar-refractivity contribution in [2.75, 3.05) is 47.0 Å². The van der Waals surface area contributed by atoms with E-state index in [9.17, 15) is 0 Å². The summed E-state index contributed by atoms with van der Waals surface area (Å²) in [5.74, 6) is 2.38. The fourth-order valence-corrected chi connectivity index (χ4v) is 3.36. The highest BCUT2D eigenvalue weighted by molar-refractivity contribution is 14.0. The van der Waals surface area contributed by atoms with Gasteiger partial charge in [-0.1, -0.05) is 24.2 Å². The first-order chi connectivity index (χ1) is 14.2. The summed E-state index contributed by atoms with van der Waals surface area (Å²) in [6.07, 6.45) is 0.861. The van der Waals surface area contributed by atoms with Gasteiger partial charge in [-0.2, -0.15) is 0 Å². The van der Waals surface area contributed by atoms with Crippen molar-refractivity contribution in [3.8, 4) is 5.75 Å². The molecular formula is C21H32IN5O3. The molecule has 3 rings (SSSR count). The van der Waals surface area contributed by atoms with E-state index in [4.69, 9.17) is 14.0 Å². The van der Waals surface area contributed by atoms with Crippen molar-refractivity contribution in [1.29, 1.82) is 0 Å². The lowest BCUT2D eigenvalue weighted by Crippen LogP contribution is -2.46. The maximum absolute atomic E-state index is 5.53. The van der Waals surface area contributed by atoms with Crippen molar-refractivity contribution in [3.05, 3.63) is 47.3 Å². The first-order valence-electron chi connectivity index (χ1n) is 10.1. The van der Waals surface area contributed by atoms with Crippen LogP contribution in [0.2, 0.25) is 0 Å². The molecule has 1 aromatic heterocycles. The molecule has 1 atom stereocenters. The first kappa shape index (κ1) is 24.4. The topological polar surface area (TPSA) is 84.2 Å². The van der Waals surface area contributed by atoms with Crippen LogP contribution in [-0.2, 0) is 17.7 Å². The van der Waals surface area contributed by atoms with Crippen LogP contribution < -0.4 is 15.4 Å². The van der Waals surface area contributed by atoms with Gasteiger partial charge < -0.3 is 24.6 Å². The van der Waals surface area contributed by atoms with Crippen LogP contribution in [0.15, 0.2) is 39.8 Å². The summed E-state index contributed by atoms with van der Waals surface area (Å²) in [6, 6.07) is 10.4. The van der Waals surface area contributed by atoms with E-state index in [1.54, 1.807) is 14.2 Å². The van der Waals surface area contributed by atoms with Gasteiger partial charge in [0.15, 0.2) is 11.7 Å². The van der Waals surface area contributed by atoms with Crippen LogP contribution in [0.1, 0.15) is 30.0 Å². The predicted molar refractivity (Wildman–Crippen MR) is 128 cm³/mol. The van der Waals surface area contributed by atoms with E-state index in [2.05, 4.69) is 44.7 Å². The number of halogens is 1. The third kappa shape index (κ3) is 6.85. The quantitative estimate of drug-likeness (QED) is 0.309. The second-order valence-corrected chi connectivity index (χ2v) is 6.88. The Kier molecular flexibility index (Phi) is 10.4. The highest BCUT2D eigenvalue weighted by Crippen LogP contribution is 2.23. The van der Waals surface area contributed by atoms with Gasteiger partial charge in [-0.15, -0.1) is 24.0 Å². The van der Waals surface area contributed by atoms with E-state index in [1.807, 2.05) is 18.2 Å². The van der Waals surface area contributed by atoms with E-state index in [1.165, 1.54) is 5.56 Å². The van der Waals surface area contributed by atoms with Gasteiger partial charge in [-0.05, 0) is 24.1 Å². The fourth-order valence-electron chi connectivity index (χ4n) is 3.36. The normalized spacial score (nSPS) is 15.9. The Balaban J connectivity index is 0.00000320. The van der Waals surface area contributed by atoms with Crippen molar-refractivity contribution >= 4 is 29.9 Å². The van der Waals surface area contributed by atoms with Crippen LogP contribution in [0.25, 0.3) is 0 Å². The Hall–Kier alpha value is -1.85. The third-order valence-corrected chi connectivity index (χ3v) is 5.07. The maximum atomic E-state index is 5.53. The van der Waals surface area contributed by atoms with Crippen molar-refractivity contribution in [1.82, 2.24) is 20.7 Å². The molecule has 30 heavy (non-hydrogen) atoms. The van der Waals surface area contributed by atoms with Crippen LogP contribution in [0.4, 0.5) is 0 Å². The van der Waals surface area contributed by atoms with Crippen LogP contribution >= 0.6 is 24.0 Å². The standard InChI is InChI=1S/C21H31N5O3.HI/c1-4-17-13-19(29-25-17)14-23-21(22-2)24-15-20(26-9-11-28-12-10-26)16-5-7-18(27-3)8-6-16;/h5-8,13,20H,4,9-12,14-15H2,1-3H3,(H2,22,23,24);1H. The minimum Gasteiger partial charge on any atom is -0.497 e. The summed E-state index contributed by atoms with van der Waals surface area (Å²) in [6.45, 7) is 6.64. The number of aryl methyl sites for hydroxylation is 1. The monoisotopic (exact) mass is 529 g/mol. The molecule has 2 heterocycles. The number of hydrogen-bond acceptors (Lipinski definition) is 6. The van der Waals surface area contributed by atoms with Crippen molar-refractivity contribution in [2.24, 2.45) is 4.99 Å². The lowest BCUT2D eigenvalue weighted by Gasteiger charge is -2.35. The molecule has 0 aliphatic carbocycles.